The van der Waals surface area contributed by atoms with Gasteiger partial charge in [-0.15, -0.1) is 0 Å². The molecule has 1 aliphatic rings. The van der Waals surface area contributed by atoms with Crippen molar-refractivity contribution in [1.29, 1.82) is 0 Å². The van der Waals surface area contributed by atoms with Gasteiger partial charge in [0.1, 0.15) is 0 Å². The number of rotatable bonds is 2. The van der Waals surface area contributed by atoms with Gasteiger partial charge in [-0.3, -0.25) is 4.79 Å². The van der Waals surface area contributed by atoms with Crippen molar-refractivity contribution < 1.29 is 9.31 Å². The minimum Gasteiger partial charge on any atom is -0.399 e. The standard InChI is InChI=1S/C15H24BNO3/c1-10(2)11-8-13(18)17(7)9-12(11)16-19-14(3,4)15(5,6)20-16/h8-10H,1-7H3. The second-order valence-electron chi connectivity index (χ2n) is 6.88. The summed E-state index contributed by atoms with van der Waals surface area (Å²) in [4.78, 5) is 11.8. The molecule has 0 N–H and O–H groups in total. The second kappa shape index (κ2) is 4.74. The molecule has 1 saturated heterocycles. The first-order valence-corrected chi connectivity index (χ1v) is 7.11. The van der Waals surface area contributed by atoms with Crippen LogP contribution in [0.3, 0.4) is 0 Å². The highest BCUT2D eigenvalue weighted by Crippen LogP contribution is 2.36. The number of hydrogen-bond acceptors (Lipinski definition) is 3. The number of aryl methyl sites for hydroxylation is 1. The van der Waals surface area contributed by atoms with Crippen molar-refractivity contribution in [3.05, 3.63) is 28.2 Å². The number of nitrogens with zero attached hydrogens (tertiary/aromatic N) is 1. The molecule has 1 fully saturated rings. The zero-order valence-electron chi connectivity index (χ0n) is 13.5. The van der Waals surface area contributed by atoms with Crippen LogP contribution in [0.4, 0.5) is 0 Å². The van der Waals surface area contributed by atoms with E-state index in [0.717, 1.165) is 11.0 Å². The second-order valence-corrected chi connectivity index (χ2v) is 6.88. The molecule has 1 aromatic heterocycles. The van der Waals surface area contributed by atoms with Crippen molar-refractivity contribution in [2.75, 3.05) is 0 Å². The van der Waals surface area contributed by atoms with Gasteiger partial charge in [0, 0.05) is 24.8 Å². The largest absolute Gasteiger partial charge is 0.496 e. The van der Waals surface area contributed by atoms with Gasteiger partial charge in [-0.05, 0) is 39.2 Å². The smallest absolute Gasteiger partial charge is 0.399 e. The summed E-state index contributed by atoms with van der Waals surface area (Å²) in [7, 11) is 1.32. The lowest BCUT2D eigenvalue weighted by molar-refractivity contribution is 0.00578. The van der Waals surface area contributed by atoms with E-state index in [9.17, 15) is 4.79 Å². The van der Waals surface area contributed by atoms with Gasteiger partial charge in [-0.25, -0.2) is 0 Å². The summed E-state index contributed by atoms with van der Waals surface area (Å²) in [5.41, 5.74) is 1.18. The molecular weight excluding hydrogens is 253 g/mol. The average molecular weight is 277 g/mol. The van der Waals surface area contributed by atoms with E-state index < -0.39 is 7.12 Å². The minimum absolute atomic E-state index is 0.00559. The first kappa shape index (κ1) is 15.3. The van der Waals surface area contributed by atoms with E-state index in [-0.39, 0.29) is 22.7 Å². The summed E-state index contributed by atoms with van der Waals surface area (Å²) in [6.45, 7) is 12.3. The van der Waals surface area contributed by atoms with E-state index in [1.54, 1.807) is 17.7 Å². The van der Waals surface area contributed by atoms with Crippen LogP contribution in [0.1, 0.15) is 53.0 Å². The van der Waals surface area contributed by atoms with Gasteiger partial charge in [0.25, 0.3) is 0 Å². The Morgan fingerprint density at radius 2 is 1.65 bits per heavy atom. The summed E-state index contributed by atoms with van der Waals surface area (Å²) in [6.07, 6.45) is 1.83. The van der Waals surface area contributed by atoms with Crippen molar-refractivity contribution in [2.24, 2.45) is 7.05 Å². The van der Waals surface area contributed by atoms with Crippen LogP contribution in [-0.4, -0.2) is 22.9 Å². The van der Waals surface area contributed by atoms with Crippen molar-refractivity contribution in [3.63, 3.8) is 0 Å². The lowest BCUT2D eigenvalue weighted by Gasteiger charge is -2.32. The summed E-state index contributed by atoms with van der Waals surface area (Å²) in [5.74, 6) is 0.248. The van der Waals surface area contributed by atoms with Crippen LogP contribution in [0.2, 0.25) is 0 Å². The maximum absolute atomic E-state index is 11.8. The van der Waals surface area contributed by atoms with Crippen molar-refractivity contribution in [1.82, 2.24) is 4.57 Å². The Bertz CT molecular complexity index is 559. The summed E-state index contributed by atoms with van der Waals surface area (Å²) in [6, 6.07) is 1.69. The monoisotopic (exact) mass is 277 g/mol. The highest BCUT2D eigenvalue weighted by molar-refractivity contribution is 6.62. The van der Waals surface area contributed by atoms with E-state index in [4.69, 9.17) is 9.31 Å². The predicted octanol–water partition coefficient (Wildman–Crippen LogP) is 1.81. The Labute approximate surface area is 121 Å². The van der Waals surface area contributed by atoms with Crippen LogP contribution < -0.4 is 11.0 Å². The molecule has 0 spiro atoms. The molecule has 1 aliphatic heterocycles. The van der Waals surface area contributed by atoms with Crippen LogP contribution in [0.15, 0.2) is 17.1 Å². The molecule has 110 valence electrons. The number of pyridine rings is 1. The molecule has 0 radical (unpaired) electrons. The van der Waals surface area contributed by atoms with Gasteiger partial charge in [0.2, 0.25) is 5.56 Å². The first-order chi connectivity index (χ1) is 9.05. The highest BCUT2D eigenvalue weighted by Gasteiger charge is 2.52. The fourth-order valence-electron chi connectivity index (χ4n) is 2.33. The molecular formula is C15H24BNO3. The third kappa shape index (κ3) is 2.45. The minimum atomic E-state index is -0.427. The van der Waals surface area contributed by atoms with Crippen molar-refractivity contribution in [3.8, 4) is 0 Å². The fourth-order valence-corrected chi connectivity index (χ4v) is 2.33. The number of hydrogen-bond donors (Lipinski definition) is 0. The van der Waals surface area contributed by atoms with Crippen LogP contribution in [0, 0.1) is 0 Å². The molecule has 20 heavy (non-hydrogen) atoms. The summed E-state index contributed by atoms with van der Waals surface area (Å²) < 4.78 is 13.8. The topological polar surface area (TPSA) is 40.5 Å². The molecule has 0 aromatic carbocycles. The van der Waals surface area contributed by atoms with E-state index in [1.165, 1.54) is 0 Å². The zero-order valence-corrected chi connectivity index (χ0v) is 13.5. The van der Waals surface area contributed by atoms with Crippen molar-refractivity contribution >= 4 is 12.6 Å². The third-order valence-electron chi connectivity index (χ3n) is 4.42. The Kier molecular flexibility index (Phi) is 3.63. The molecule has 2 rings (SSSR count). The Morgan fingerprint density at radius 3 is 2.10 bits per heavy atom. The van der Waals surface area contributed by atoms with E-state index in [1.807, 2.05) is 33.9 Å². The van der Waals surface area contributed by atoms with E-state index >= 15 is 0 Å². The molecule has 0 saturated carbocycles. The van der Waals surface area contributed by atoms with Crippen LogP contribution in [0.5, 0.6) is 0 Å². The van der Waals surface area contributed by atoms with Gasteiger partial charge in [-0.1, -0.05) is 13.8 Å². The molecule has 0 unspecified atom stereocenters. The fraction of sp³-hybridized carbons (Fsp3) is 0.667. The molecule has 5 heteroatoms. The third-order valence-corrected chi connectivity index (χ3v) is 4.42. The average Bonchev–Trinajstić information content (AvgIpc) is 2.51. The summed E-state index contributed by atoms with van der Waals surface area (Å²) >= 11 is 0. The maximum atomic E-state index is 11.8. The van der Waals surface area contributed by atoms with E-state index in [0.29, 0.717) is 0 Å². The lowest BCUT2D eigenvalue weighted by atomic mass is 9.74. The normalized spacial score (nSPS) is 20.7. The van der Waals surface area contributed by atoms with Gasteiger partial charge in [0.05, 0.1) is 11.2 Å². The molecule has 2 heterocycles. The Morgan fingerprint density at radius 1 is 1.15 bits per heavy atom. The highest BCUT2D eigenvalue weighted by atomic mass is 16.7. The number of aromatic nitrogens is 1. The molecule has 0 atom stereocenters. The molecule has 0 bridgehead atoms. The Balaban J connectivity index is 2.49. The van der Waals surface area contributed by atoms with Crippen molar-refractivity contribution in [2.45, 2.75) is 58.7 Å². The molecule has 0 aliphatic carbocycles. The Hall–Kier alpha value is -1.07. The van der Waals surface area contributed by atoms with Crippen LogP contribution in [0.25, 0.3) is 0 Å². The van der Waals surface area contributed by atoms with Gasteiger partial charge in [0.15, 0.2) is 0 Å². The first-order valence-electron chi connectivity index (χ1n) is 7.11. The molecule has 4 nitrogen and oxygen atoms in total. The quantitative estimate of drug-likeness (QED) is 0.774. The van der Waals surface area contributed by atoms with Crippen LogP contribution >= 0.6 is 0 Å². The predicted molar refractivity (Wildman–Crippen MR) is 81.5 cm³/mol. The lowest BCUT2D eigenvalue weighted by Crippen LogP contribution is -2.41. The SMILES string of the molecule is CC(C)c1cc(=O)n(C)cc1B1OC(C)(C)C(C)(C)O1. The van der Waals surface area contributed by atoms with Gasteiger partial charge in [-0.2, -0.15) is 0 Å². The molecule has 1 aromatic rings. The maximum Gasteiger partial charge on any atom is 0.496 e. The van der Waals surface area contributed by atoms with Crippen LogP contribution in [-0.2, 0) is 16.4 Å². The van der Waals surface area contributed by atoms with Gasteiger partial charge < -0.3 is 13.9 Å². The zero-order chi connectivity index (χ0) is 15.3. The molecule has 0 amide bonds. The van der Waals surface area contributed by atoms with Gasteiger partial charge >= 0.3 is 7.12 Å². The van der Waals surface area contributed by atoms with E-state index in [2.05, 4.69) is 13.8 Å². The summed E-state index contributed by atoms with van der Waals surface area (Å²) in [5, 5.41) is 0.